The molecule has 19 heavy (non-hydrogen) atoms. The van der Waals surface area contributed by atoms with Gasteiger partial charge in [-0.25, -0.2) is 0 Å². The maximum absolute atomic E-state index is 10.7. The summed E-state index contributed by atoms with van der Waals surface area (Å²) < 4.78 is 31.6. The molecule has 11 heteroatoms. The second kappa shape index (κ2) is 13.2. The molecule has 0 aromatic carbocycles. The molecular weight excluding hydrogens is 307 g/mol. The molecule has 0 aliphatic heterocycles. The van der Waals surface area contributed by atoms with E-state index in [2.05, 4.69) is 23.3 Å². The molecule has 0 heterocycles. The molecule has 0 spiro atoms. The van der Waals surface area contributed by atoms with Gasteiger partial charge >= 0.3 is 40.0 Å². The van der Waals surface area contributed by atoms with E-state index < -0.39 is 10.4 Å². The second-order valence-corrected chi connectivity index (χ2v) is 4.56. The summed E-state index contributed by atoms with van der Waals surface area (Å²) in [5.74, 6) is 0.460. The van der Waals surface area contributed by atoms with Gasteiger partial charge in [0, 0.05) is 32.2 Å². The van der Waals surface area contributed by atoms with E-state index in [1.165, 1.54) is 13.8 Å². The number of hydrogen-bond donors (Lipinski definition) is 5. The first-order chi connectivity index (χ1) is 8.06. The molecule has 8 nitrogen and oxygen atoms in total. The van der Waals surface area contributed by atoms with Crippen molar-refractivity contribution >= 4 is 64.4 Å². The van der Waals surface area contributed by atoms with Crippen molar-refractivity contribution in [2.75, 3.05) is 12.3 Å². The Morgan fingerprint density at radius 1 is 1.21 bits per heavy atom. The number of nitrogens with one attached hydrogen (secondary N) is 2. The molecule has 0 aliphatic carbocycles. The summed E-state index contributed by atoms with van der Waals surface area (Å²) in [6.07, 6.45) is 0.711. The number of rotatable bonds is 5. The van der Waals surface area contributed by atoms with Crippen LogP contribution in [0.3, 0.4) is 0 Å². The van der Waals surface area contributed by atoms with Crippen LogP contribution in [0.15, 0.2) is 0 Å². The van der Waals surface area contributed by atoms with Crippen molar-refractivity contribution in [3.05, 3.63) is 0 Å². The van der Waals surface area contributed by atoms with E-state index >= 15 is 0 Å². The van der Waals surface area contributed by atoms with Crippen LogP contribution in [-0.4, -0.2) is 77.2 Å². The normalized spacial score (nSPS) is 11.2. The fourth-order valence-electron chi connectivity index (χ4n) is 0.919. The van der Waals surface area contributed by atoms with Crippen molar-refractivity contribution < 1.29 is 27.1 Å². The number of carbonyl (C=O) groups excluding carboxylic acids is 2. The molecule has 1 unspecified atom stereocenters. The SMILES string of the molecule is CC(=O)NCCC(CS)NC(C)=O.O=S(=O)(O)O.[NaH]. The molecule has 2 amide bonds. The van der Waals surface area contributed by atoms with E-state index in [-0.39, 0.29) is 47.4 Å². The molecule has 0 saturated heterocycles. The third kappa shape index (κ3) is 32.1. The van der Waals surface area contributed by atoms with Crippen LogP contribution in [0.2, 0.25) is 0 Å². The van der Waals surface area contributed by atoms with Crippen molar-refractivity contribution in [3.63, 3.8) is 0 Å². The molecule has 0 saturated carbocycles. The molecule has 1 atom stereocenters. The van der Waals surface area contributed by atoms with Gasteiger partial charge in [-0.1, -0.05) is 0 Å². The first-order valence-corrected chi connectivity index (χ1v) is 6.91. The minimum absolute atomic E-state index is 0. The standard InChI is InChI=1S/C8H16N2O2S.Na.H2O4S.H/c1-6(11)9-4-3-8(5-13)10-7(2)12;;1-5(2,3)4;/h8,13H,3-5H2,1-2H3,(H,9,11)(H,10,12);;(H2,1,2,3,4);. The molecular formula is C8H19N2NaO6S2. The van der Waals surface area contributed by atoms with Gasteiger partial charge in [0.25, 0.3) is 0 Å². The molecule has 0 aromatic heterocycles. The number of amides is 2. The minimum atomic E-state index is -4.67. The Kier molecular flexibility index (Phi) is 16.8. The predicted molar refractivity (Wildman–Crippen MR) is 76.1 cm³/mol. The number of carbonyl (C=O) groups is 2. The summed E-state index contributed by atoms with van der Waals surface area (Å²) in [5.41, 5.74) is 0. The van der Waals surface area contributed by atoms with E-state index in [1.54, 1.807) is 0 Å². The van der Waals surface area contributed by atoms with E-state index in [9.17, 15) is 9.59 Å². The van der Waals surface area contributed by atoms with Crippen LogP contribution in [0, 0.1) is 0 Å². The van der Waals surface area contributed by atoms with Gasteiger partial charge in [0.2, 0.25) is 11.8 Å². The Balaban J connectivity index is -0.000000366. The first kappa shape index (κ1) is 24.2. The van der Waals surface area contributed by atoms with Gasteiger partial charge < -0.3 is 10.6 Å². The zero-order valence-electron chi connectivity index (χ0n) is 10.1. The summed E-state index contributed by atoms with van der Waals surface area (Å²) in [5, 5.41) is 5.40. The van der Waals surface area contributed by atoms with E-state index in [4.69, 9.17) is 17.5 Å². The maximum atomic E-state index is 10.7. The topological polar surface area (TPSA) is 133 Å². The molecule has 0 aliphatic rings. The van der Waals surface area contributed by atoms with Gasteiger partial charge in [-0.3, -0.25) is 18.7 Å². The van der Waals surface area contributed by atoms with Crippen LogP contribution >= 0.6 is 12.6 Å². The number of thiol groups is 1. The summed E-state index contributed by atoms with van der Waals surface area (Å²) >= 11 is 4.09. The number of hydrogen-bond acceptors (Lipinski definition) is 5. The van der Waals surface area contributed by atoms with Crippen molar-refractivity contribution in [1.82, 2.24) is 10.6 Å². The quantitative estimate of drug-likeness (QED) is 0.241. The summed E-state index contributed by atoms with van der Waals surface area (Å²) in [6.45, 7) is 3.50. The van der Waals surface area contributed by atoms with Gasteiger partial charge in [0.1, 0.15) is 0 Å². The average Bonchev–Trinajstić information content (AvgIpc) is 2.12. The van der Waals surface area contributed by atoms with Crippen molar-refractivity contribution in [2.24, 2.45) is 0 Å². The van der Waals surface area contributed by atoms with Crippen LogP contribution < -0.4 is 10.6 Å². The Labute approximate surface area is 140 Å². The van der Waals surface area contributed by atoms with Crippen LogP contribution in [-0.2, 0) is 20.0 Å². The third-order valence-corrected chi connectivity index (χ3v) is 1.94. The molecule has 0 radical (unpaired) electrons. The van der Waals surface area contributed by atoms with Crippen LogP contribution in [0.5, 0.6) is 0 Å². The van der Waals surface area contributed by atoms with Gasteiger partial charge in [-0.15, -0.1) is 0 Å². The fraction of sp³-hybridized carbons (Fsp3) is 0.750. The Morgan fingerprint density at radius 2 is 1.63 bits per heavy atom. The van der Waals surface area contributed by atoms with Gasteiger partial charge in [0.15, 0.2) is 0 Å². The van der Waals surface area contributed by atoms with Crippen molar-refractivity contribution in [3.8, 4) is 0 Å². The van der Waals surface area contributed by atoms with Gasteiger partial charge in [-0.2, -0.15) is 21.0 Å². The van der Waals surface area contributed by atoms with Crippen LogP contribution in [0.1, 0.15) is 20.3 Å². The first-order valence-electron chi connectivity index (χ1n) is 4.88. The zero-order chi connectivity index (χ0) is 14.8. The summed E-state index contributed by atoms with van der Waals surface area (Å²) in [4.78, 5) is 21.2. The van der Waals surface area contributed by atoms with Crippen LogP contribution in [0.4, 0.5) is 0 Å². The molecule has 0 fully saturated rings. The predicted octanol–water partition coefficient (Wildman–Crippen LogP) is -1.35. The molecule has 4 N–H and O–H groups in total. The van der Waals surface area contributed by atoms with Crippen molar-refractivity contribution in [2.45, 2.75) is 26.3 Å². The fourth-order valence-corrected chi connectivity index (χ4v) is 1.19. The van der Waals surface area contributed by atoms with E-state index in [1.807, 2.05) is 0 Å². The summed E-state index contributed by atoms with van der Waals surface area (Å²) in [6, 6.07) is 0.0349. The van der Waals surface area contributed by atoms with E-state index in [0.29, 0.717) is 18.7 Å². The van der Waals surface area contributed by atoms with Crippen molar-refractivity contribution in [1.29, 1.82) is 0 Å². The Bertz CT molecular complexity index is 354. The van der Waals surface area contributed by atoms with Gasteiger partial charge in [0.05, 0.1) is 0 Å². The third-order valence-electron chi connectivity index (χ3n) is 1.49. The van der Waals surface area contributed by atoms with E-state index in [0.717, 1.165) is 0 Å². The van der Waals surface area contributed by atoms with Crippen LogP contribution in [0.25, 0.3) is 0 Å². The monoisotopic (exact) mass is 326 g/mol. The summed E-state index contributed by atoms with van der Waals surface area (Å²) in [7, 11) is -4.67. The second-order valence-electron chi connectivity index (χ2n) is 3.30. The molecule has 0 bridgehead atoms. The Morgan fingerprint density at radius 3 is 1.89 bits per heavy atom. The van der Waals surface area contributed by atoms with Gasteiger partial charge in [-0.05, 0) is 6.42 Å². The zero-order valence-corrected chi connectivity index (χ0v) is 11.8. The Hall–Kier alpha value is 0.160. The molecule has 0 rings (SSSR count). The average molecular weight is 326 g/mol. The molecule has 110 valence electrons. The molecule has 0 aromatic rings.